The fourth-order valence-corrected chi connectivity index (χ4v) is 3.99. The quantitative estimate of drug-likeness (QED) is 0.705. The Morgan fingerprint density at radius 3 is 1.88 bits per heavy atom. The molecule has 0 aromatic rings. The van der Waals surface area contributed by atoms with Crippen LogP contribution in [0.15, 0.2) is 0 Å². The van der Waals surface area contributed by atoms with Gasteiger partial charge in [-0.2, -0.15) is 5.06 Å². The average Bonchev–Trinajstić information content (AvgIpc) is 2.92. The van der Waals surface area contributed by atoms with E-state index in [0.29, 0.717) is 12.8 Å². The van der Waals surface area contributed by atoms with Crippen LogP contribution in [-0.4, -0.2) is 61.5 Å². The summed E-state index contributed by atoms with van der Waals surface area (Å²) < 4.78 is 11.5. The number of hydrogen-bond acceptors (Lipinski definition) is 6. The number of hydrogen-bond donors (Lipinski definition) is 3. The molecular formula is C16H27NO7. The molecule has 0 radical (unpaired) electrons. The summed E-state index contributed by atoms with van der Waals surface area (Å²) in [6.07, 6.45) is -1.84. The number of carbonyl (C=O) groups is 2. The fourth-order valence-electron chi connectivity index (χ4n) is 3.99. The average molecular weight is 345 g/mol. The summed E-state index contributed by atoms with van der Waals surface area (Å²) in [5.41, 5.74) is -1.48. The van der Waals surface area contributed by atoms with Crippen molar-refractivity contribution in [1.29, 1.82) is 0 Å². The van der Waals surface area contributed by atoms with E-state index in [4.69, 9.17) is 9.47 Å². The number of piperidine rings is 1. The zero-order chi connectivity index (χ0) is 18.5. The Balaban J connectivity index is 2.52. The van der Waals surface area contributed by atoms with Gasteiger partial charge in [0.1, 0.15) is 0 Å². The zero-order valence-corrected chi connectivity index (χ0v) is 14.8. The largest absolute Gasteiger partial charge is 0.479 e. The lowest BCUT2D eigenvalue weighted by molar-refractivity contribution is -0.353. The fraction of sp³-hybridized carbons (Fsp3) is 0.875. The first-order valence-electron chi connectivity index (χ1n) is 8.28. The highest BCUT2D eigenvalue weighted by Crippen LogP contribution is 2.54. The molecule has 0 aromatic carbocycles. The maximum Gasteiger partial charge on any atom is 0.336 e. The van der Waals surface area contributed by atoms with E-state index in [1.54, 1.807) is 6.92 Å². The summed E-state index contributed by atoms with van der Waals surface area (Å²) in [5.74, 6) is -4.55. The van der Waals surface area contributed by atoms with Crippen molar-refractivity contribution < 1.29 is 34.5 Å². The summed E-state index contributed by atoms with van der Waals surface area (Å²) in [6, 6.07) is 0. The van der Waals surface area contributed by atoms with Crippen LogP contribution in [0, 0.1) is 5.92 Å². The van der Waals surface area contributed by atoms with Crippen molar-refractivity contribution in [2.75, 3.05) is 0 Å². The number of rotatable bonds is 4. The van der Waals surface area contributed by atoms with E-state index in [9.17, 15) is 25.0 Å². The highest BCUT2D eigenvalue weighted by atomic mass is 16.8. The molecule has 2 rings (SSSR count). The van der Waals surface area contributed by atoms with Crippen LogP contribution in [0.4, 0.5) is 0 Å². The number of ether oxygens (including phenoxy) is 2. The molecule has 2 saturated heterocycles. The molecule has 138 valence electrons. The molecule has 24 heavy (non-hydrogen) atoms. The predicted molar refractivity (Wildman–Crippen MR) is 82.5 cm³/mol. The Labute approximate surface area is 141 Å². The Bertz CT molecular complexity index is 517. The van der Waals surface area contributed by atoms with Gasteiger partial charge >= 0.3 is 11.9 Å². The lowest BCUT2D eigenvalue weighted by Gasteiger charge is -2.60. The number of carboxylic acid groups (broad SMARTS) is 2. The minimum Gasteiger partial charge on any atom is -0.479 e. The second kappa shape index (κ2) is 5.94. The summed E-state index contributed by atoms with van der Waals surface area (Å²) in [4.78, 5) is 22.9. The van der Waals surface area contributed by atoms with E-state index in [1.165, 1.54) is 5.06 Å². The van der Waals surface area contributed by atoms with E-state index in [2.05, 4.69) is 0 Å². The molecule has 0 bridgehead atoms. The van der Waals surface area contributed by atoms with Crippen molar-refractivity contribution in [1.82, 2.24) is 5.06 Å². The van der Waals surface area contributed by atoms with Gasteiger partial charge in [0.15, 0.2) is 18.0 Å². The van der Waals surface area contributed by atoms with Gasteiger partial charge in [-0.25, -0.2) is 9.59 Å². The van der Waals surface area contributed by atoms with Gasteiger partial charge < -0.3 is 24.9 Å². The molecule has 1 spiro atoms. The number of nitrogens with zero attached hydrogens (tertiary/aromatic N) is 1. The van der Waals surface area contributed by atoms with Gasteiger partial charge in [-0.3, -0.25) is 0 Å². The smallest absolute Gasteiger partial charge is 0.336 e. The lowest BCUT2D eigenvalue weighted by Crippen LogP contribution is -2.71. The molecule has 0 amide bonds. The molecule has 2 aliphatic heterocycles. The molecular weight excluding hydrogens is 318 g/mol. The topological polar surface area (TPSA) is 117 Å². The monoisotopic (exact) mass is 345 g/mol. The molecule has 0 saturated carbocycles. The van der Waals surface area contributed by atoms with Crippen LogP contribution in [0.3, 0.4) is 0 Å². The third kappa shape index (κ3) is 2.52. The summed E-state index contributed by atoms with van der Waals surface area (Å²) in [5, 5.41) is 30.8. The molecule has 2 fully saturated rings. The molecule has 8 heteroatoms. The Kier molecular flexibility index (Phi) is 4.73. The first-order valence-corrected chi connectivity index (χ1v) is 8.28. The first kappa shape index (κ1) is 19.1. The van der Waals surface area contributed by atoms with Gasteiger partial charge in [0.25, 0.3) is 0 Å². The maximum atomic E-state index is 11.4. The minimum atomic E-state index is -1.57. The Morgan fingerprint density at radius 2 is 1.54 bits per heavy atom. The predicted octanol–water partition coefficient (Wildman–Crippen LogP) is 1.70. The van der Waals surface area contributed by atoms with Crippen molar-refractivity contribution in [2.45, 2.75) is 83.0 Å². The van der Waals surface area contributed by atoms with Crippen molar-refractivity contribution in [2.24, 2.45) is 5.92 Å². The standard InChI is InChI=1S/C16H27NO7/c1-6-14(4)8-16(9(3)15(5,7-2)17(14)22)23-10(12(18)19)11(24-16)13(20)21/h9-11,22H,6-8H2,1-5H3,(H,18,19)(H,20,21). The Hall–Kier alpha value is -1.22. The van der Waals surface area contributed by atoms with Crippen molar-refractivity contribution in [3.05, 3.63) is 0 Å². The first-order chi connectivity index (χ1) is 11.0. The molecule has 8 nitrogen and oxygen atoms in total. The van der Waals surface area contributed by atoms with Crippen LogP contribution in [0.5, 0.6) is 0 Å². The SMILES string of the molecule is CCC1(C)CC2(OC(C(=O)O)C(C(=O)O)O2)C(C)C(C)(CC)N1O. The Morgan fingerprint density at radius 1 is 1.08 bits per heavy atom. The number of aliphatic carboxylic acids is 2. The number of hydroxylamine groups is 2. The van der Waals surface area contributed by atoms with Gasteiger partial charge in [-0.1, -0.05) is 20.8 Å². The van der Waals surface area contributed by atoms with Crippen LogP contribution in [0.1, 0.15) is 53.9 Å². The van der Waals surface area contributed by atoms with Crippen molar-refractivity contribution in [3.63, 3.8) is 0 Å². The van der Waals surface area contributed by atoms with Gasteiger partial charge in [-0.15, -0.1) is 0 Å². The van der Waals surface area contributed by atoms with Crippen LogP contribution >= 0.6 is 0 Å². The number of carboxylic acids is 2. The maximum absolute atomic E-state index is 11.4. The normalized spacial score (nSPS) is 46.3. The molecule has 0 aliphatic carbocycles. The summed E-state index contributed by atoms with van der Waals surface area (Å²) in [6.45, 7) is 9.30. The summed E-state index contributed by atoms with van der Waals surface area (Å²) in [7, 11) is 0. The van der Waals surface area contributed by atoms with E-state index in [0.717, 1.165) is 0 Å². The lowest BCUT2D eigenvalue weighted by atomic mass is 9.67. The van der Waals surface area contributed by atoms with E-state index in [1.807, 2.05) is 27.7 Å². The van der Waals surface area contributed by atoms with Gasteiger partial charge in [0, 0.05) is 17.9 Å². The highest BCUT2D eigenvalue weighted by molar-refractivity contribution is 5.84. The van der Waals surface area contributed by atoms with Gasteiger partial charge in [0.2, 0.25) is 0 Å². The second-order valence-corrected chi connectivity index (χ2v) is 7.34. The third-order valence-corrected chi connectivity index (χ3v) is 6.11. The highest BCUT2D eigenvalue weighted by Gasteiger charge is 2.66. The molecule has 3 N–H and O–H groups in total. The third-order valence-electron chi connectivity index (χ3n) is 6.11. The minimum absolute atomic E-state index is 0.178. The molecule has 2 heterocycles. The van der Waals surface area contributed by atoms with E-state index < -0.39 is 46.9 Å². The summed E-state index contributed by atoms with van der Waals surface area (Å²) >= 11 is 0. The van der Waals surface area contributed by atoms with Crippen LogP contribution in [0.25, 0.3) is 0 Å². The van der Waals surface area contributed by atoms with Crippen LogP contribution in [0.2, 0.25) is 0 Å². The molecule has 0 aromatic heterocycles. The molecule has 2 aliphatic rings. The van der Waals surface area contributed by atoms with Crippen molar-refractivity contribution >= 4 is 11.9 Å². The van der Waals surface area contributed by atoms with Crippen molar-refractivity contribution in [3.8, 4) is 0 Å². The molecule has 5 unspecified atom stereocenters. The zero-order valence-electron chi connectivity index (χ0n) is 14.8. The molecule has 5 atom stereocenters. The van der Waals surface area contributed by atoms with Crippen LogP contribution in [-0.2, 0) is 19.1 Å². The van der Waals surface area contributed by atoms with Gasteiger partial charge in [-0.05, 0) is 26.7 Å². The second-order valence-electron chi connectivity index (χ2n) is 7.34. The van der Waals surface area contributed by atoms with Gasteiger partial charge in [0.05, 0.1) is 5.54 Å². The van der Waals surface area contributed by atoms with E-state index >= 15 is 0 Å². The van der Waals surface area contributed by atoms with E-state index in [-0.39, 0.29) is 6.42 Å². The van der Waals surface area contributed by atoms with Crippen LogP contribution < -0.4 is 0 Å².